The Morgan fingerprint density at radius 1 is 0.945 bits per heavy atom. The Morgan fingerprint density at radius 3 is 2.18 bits per heavy atom. The van der Waals surface area contributed by atoms with Crippen LogP contribution in [0.5, 0.6) is 11.5 Å². The lowest BCUT2D eigenvalue weighted by molar-refractivity contribution is -0.384. The van der Waals surface area contributed by atoms with E-state index < -0.39 is 34.4 Å². The fraction of sp³-hybridized carbons (Fsp3) is 0.375. The van der Waals surface area contributed by atoms with Crippen LogP contribution in [0.1, 0.15) is 56.5 Å². The predicted molar refractivity (Wildman–Crippen MR) is 208 cm³/mol. The highest BCUT2D eigenvalue weighted by molar-refractivity contribution is 6.00. The number of carbonyl (C=O) groups is 3. The fourth-order valence-corrected chi connectivity index (χ4v) is 6.17. The molecule has 0 fully saturated rings. The van der Waals surface area contributed by atoms with Gasteiger partial charge in [0.25, 0.3) is 11.6 Å². The number of nitrogens with zero attached hydrogens (tertiary/aromatic N) is 2. The van der Waals surface area contributed by atoms with E-state index >= 15 is 0 Å². The van der Waals surface area contributed by atoms with Crippen molar-refractivity contribution >= 4 is 35.9 Å². The van der Waals surface area contributed by atoms with E-state index in [2.05, 4.69) is 10.6 Å². The van der Waals surface area contributed by atoms with Gasteiger partial charge in [0.15, 0.2) is 11.5 Å². The van der Waals surface area contributed by atoms with Crippen LogP contribution in [0.3, 0.4) is 0 Å². The Balaban J connectivity index is 0.00000812. The lowest BCUT2D eigenvalue weighted by atomic mass is 9.80. The summed E-state index contributed by atoms with van der Waals surface area (Å²) >= 11 is 0. The summed E-state index contributed by atoms with van der Waals surface area (Å²) in [7, 11) is 1.53. The number of halogens is 1. The summed E-state index contributed by atoms with van der Waals surface area (Å²) in [5.41, 5.74) is 0.346. The zero-order valence-electron chi connectivity index (χ0n) is 31.8. The van der Waals surface area contributed by atoms with Crippen LogP contribution in [0, 0.1) is 10.1 Å². The number of nitro groups is 1. The van der Waals surface area contributed by atoms with Crippen molar-refractivity contribution in [2.75, 3.05) is 46.6 Å². The number of para-hydroxylation sites is 2. The third-order valence-electron chi connectivity index (χ3n) is 8.61. The molecule has 1 amide bonds. The molecule has 55 heavy (non-hydrogen) atoms. The number of allylic oxidation sites excluding steroid dienone is 1. The van der Waals surface area contributed by atoms with Crippen molar-refractivity contribution in [3.63, 3.8) is 0 Å². The molecule has 0 spiro atoms. The van der Waals surface area contributed by atoms with Crippen molar-refractivity contribution < 1.29 is 43.4 Å². The number of nitro benzene ring substituents is 1. The molecule has 15 heteroatoms. The number of carbonyl (C=O) groups excluding carboxylic acids is 3. The minimum absolute atomic E-state index is 0. The third kappa shape index (κ3) is 11.5. The second-order valence-corrected chi connectivity index (χ2v) is 13.2. The number of amides is 1. The number of β-amino-alcohol motifs (C(OH)–C–C–N with tert-alkyl or cyclic N) is 1. The average Bonchev–Trinajstić information content (AvgIpc) is 3.16. The molecule has 0 aliphatic carbocycles. The second kappa shape index (κ2) is 20.3. The first kappa shape index (κ1) is 44.0. The van der Waals surface area contributed by atoms with Crippen LogP contribution in [-0.2, 0) is 19.1 Å². The number of hydrogen-bond donors (Lipinski definition) is 3. The van der Waals surface area contributed by atoms with E-state index in [0.29, 0.717) is 28.3 Å². The summed E-state index contributed by atoms with van der Waals surface area (Å²) in [6, 6.07) is 21.4. The van der Waals surface area contributed by atoms with Crippen LogP contribution >= 0.6 is 12.4 Å². The Kier molecular flexibility index (Phi) is 16.2. The number of hydrogen-bond acceptors (Lipinski definition) is 12. The van der Waals surface area contributed by atoms with Crippen LogP contribution in [0.15, 0.2) is 101 Å². The summed E-state index contributed by atoms with van der Waals surface area (Å²) in [5, 5.41) is 29.2. The smallest absolute Gasteiger partial charge is 0.336 e. The predicted octanol–water partition coefficient (Wildman–Crippen LogP) is 5.32. The molecule has 296 valence electrons. The van der Waals surface area contributed by atoms with Gasteiger partial charge in [-0.2, -0.15) is 0 Å². The van der Waals surface area contributed by atoms with Crippen molar-refractivity contribution in [1.82, 2.24) is 15.5 Å². The summed E-state index contributed by atoms with van der Waals surface area (Å²) < 4.78 is 22.0. The van der Waals surface area contributed by atoms with Crippen molar-refractivity contribution in [1.29, 1.82) is 0 Å². The molecular formula is C40H49ClN4O10. The maximum atomic E-state index is 14.3. The Labute approximate surface area is 327 Å². The van der Waals surface area contributed by atoms with Crippen LogP contribution in [-0.4, -0.2) is 91.0 Å². The third-order valence-corrected chi connectivity index (χ3v) is 8.61. The quantitative estimate of drug-likeness (QED) is 0.0862. The number of nitrogens with one attached hydrogen (secondary N) is 2. The van der Waals surface area contributed by atoms with Gasteiger partial charge >= 0.3 is 11.9 Å². The van der Waals surface area contributed by atoms with Gasteiger partial charge in [0, 0.05) is 47.7 Å². The molecule has 0 bridgehead atoms. The Bertz CT molecular complexity index is 1880. The minimum Gasteiger partial charge on any atom is -0.493 e. The van der Waals surface area contributed by atoms with E-state index in [4.69, 9.17) is 18.9 Å². The summed E-state index contributed by atoms with van der Waals surface area (Å²) in [4.78, 5) is 54.5. The molecule has 2 atom stereocenters. The lowest BCUT2D eigenvalue weighted by Crippen LogP contribution is -2.54. The maximum Gasteiger partial charge on any atom is 0.336 e. The topological polar surface area (TPSA) is 179 Å². The van der Waals surface area contributed by atoms with Crippen LogP contribution in [0.2, 0.25) is 0 Å². The van der Waals surface area contributed by atoms with E-state index in [1.807, 2.05) is 19.9 Å². The molecule has 0 saturated carbocycles. The first-order valence-corrected chi connectivity index (χ1v) is 17.6. The lowest BCUT2D eigenvalue weighted by Gasteiger charge is -2.37. The molecule has 2 unspecified atom stereocenters. The number of methoxy groups -OCH3 is 1. The fourth-order valence-electron chi connectivity index (χ4n) is 6.17. The van der Waals surface area contributed by atoms with Gasteiger partial charge in [0.05, 0.1) is 48.9 Å². The van der Waals surface area contributed by atoms with Gasteiger partial charge < -0.3 is 39.6 Å². The van der Waals surface area contributed by atoms with E-state index in [1.165, 1.54) is 25.3 Å². The first-order chi connectivity index (χ1) is 25.8. The largest absolute Gasteiger partial charge is 0.493 e. The monoisotopic (exact) mass is 780 g/mol. The van der Waals surface area contributed by atoms with Gasteiger partial charge in [0.1, 0.15) is 12.7 Å². The molecule has 3 aromatic rings. The van der Waals surface area contributed by atoms with Gasteiger partial charge in [-0.1, -0.05) is 42.5 Å². The number of dihydropyridines is 1. The molecule has 14 nitrogen and oxygen atoms in total. The van der Waals surface area contributed by atoms with Gasteiger partial charge in [-0.05, 0) is 64.4 Å². The Hall–Kier alpha value is -5.44. The summed E-state index contributed by atoms with van der Waals surface area (Å²) in [5.74, 6) is -1.94. The van der Waals surface area contributed by atoms with Gasteiger partial charge in [0.2, 0.25) is 0 Å². The van der Waals surface area contributed by atoms with Crippen LogP contribution in [0.4, 0.5) is 5.69 Å². The van der Waals surface area contributed by atoms with Crippen LogP contribution in [0.25, 0.3) is 0 Å². The molecular weight excluding hydrogens is 732 g/mol. The van der Waals surface area contributed by atoms with Gasteiger partial charge in [-0.3, -0.25) is 14.9 Å². The highest BCUT2D eigenvalue weighted by Crippen LogP contribution is 2.40. The number of aliphatic hydroxyl groups is 1. The molecule has 3 N–H and O–H groups in total. The molecule has 4 rings (SSSR count). The minimum atomic E-state index is -1.13. The van der Waals surface area contributed by atoms with E-state index in [1.54, 1.807) is 80.3 Å². The second-order valence-electron chi connectivity index (χ2n) is 13.2. The Morgan fingerprint density at radius 2 is 1.56 bits per heavy atom. The molecule has 3 aromatic carbocycles. The average molecular weight is 781 g/mol. The maximum absolute atomic E-state index is 14.3. The number of non-ortho nitro benzene ring substituents is 1. The zero-order chi connectivity index (χ0) is 39.4. The molecule has 1 heterocycles. The van der Waals surface area contributed by atoms with Crippen molar-refractivity contribution in [3.05, 3.63) is 123 Å². The molecule has 0 saturated heterocycles. The van der Waals surface area contributed by atoms with E-state index in [0.717, 1.165) is 0 Å². The zero-order valence-corrected chi connectivity index (χ0v) is 32.6. The van der Waals surface area contributed by atoms with Crippen molar-refractivity contribution in [2.24, 2.45) is 0 Å². The summed E-state index contributed by atoms with van der Waals surface area (Å²) in [6.45, 7) is 8.76. The number of rotatable bonds is 18. The molecule has 0 aromatic heterocycles. The number of benzene rings is 3. The van der Waals surface area contributed by atoms with Crippen LogP contribution < -0.4 is 20.1 Å². The SMILES string of the molecule is CCOC(=O)C1=C(C)NC(CN(CC(C)(C)NCC(O)COc2ccccc2OC)C(=O)c2ccccc2)=C(C(=O)OCC)C1c1cccc([N+](=O)[O-])c1.Cl. The molecule has 1 aliphatic heterocycles. The highest BCUT2D eigenvalue weighted by Gasteiger charge is 2.40. The normalized spacial score (nSPS) is 14.6. The first-order valence-electron chi connectivity index (χ1n) is 17.6. The number of aliphatic hydroxyl groups excluding tert-OH is 1. The van der Waals surface area contributed by atoms with Gasteiger partial charge in [-0.15, -0.1) is 12.4 Å². The number of esters is 2. The molecule has 0 radical (unpaired) electrons. The number of ether oxygens (including phenoxy) is 4. The van der Waals surface area contributed by atoms with E-state index in [-0.39, 0.29) is 80.3 Å². The summed E-state index contributed by atoms with van der Waals surface area (Å²) in [6.07, 6.45) is -0.921. The standard InChI is InChI=1S/C40H48N4O10.ClH/c1-7-52-38(47)34-26(3)42-31(36(39(48)53-8-2)35(34)28-17-14-18-29(21-28)44(49)50)23-43(37(46)27-15-10-9-11-16-27)25-40(4,5)41-22-30(45)24-54-33-20-13-12-19-32(33)51-6;/h9-21,30,35,41-42,45H,7-8,22-25H2,1-6H3;1H. The van der Waals surface area contributed by atoms with Crippen molar-refractivity contribution in [3.8, 4) is 11.5 Å². The van der Waals surface area contributed by atoms with E-state index in [9.17, 15) is 29.6 Å². The van der Waals surface area contributed by atoms with Crippen molar-refractivity contribution in [2.45, 2.75) is 52.2 Å². The van der Waals surface area contributed by atoms with Gasteiger partial charge in [-0.25, -0.2) is 9.59 Å². The molecule has 1 aliphatic rings. The highest BCUT2D eigenvalue weighted by atomic mass is 35.5.